The lowest BCUT2D eigenvalue weighted by molar-refractivity contribution is -0.140. The van der Waals surface area contributed by atoms with Crippen molar-refractivity contribution in [3.8, 4) is 0 Å². The molecule has 7 heteroatoms. The summed E-state index contributed by atoms with van der Waals surface area (Å²) in [5.74, 6) is -1.20. The number of aliphatic carboxylic acids is 1. The molecule has 18 heavy (non-hydrogen) atoms. The zero-order valence-electron chi connectivity index (χ0n) is 10.8. The molecule has 0 aliphatic carbocycles. The van der Waals surface area contributed by atoms with Crippen molar-refractivity contribution in [2.24, 2.45) is 11.8 Å². The minimum atomic E-state index is -3.54. The Morgan fingerprint density at radius 1 is 1.50 bits per heavy atom. The quantitative estimate of drug-likeness (QED) is 0.705. The first-order valence-corrected chi connectivity index (χ1v) is 7.77. The summed E-state index contributed by atoms with van der Waals surface area (Å²) in [5, 5.41) is 8.94. The fourth-order valence-electron chi connectivity index (χ4n) is 1.86. The monoisotopic (exact) mass is 279 g/mol. The van der Waals surface area contributed by atoms with Gasteiger partial charge in [0.1, 0.15) is 6.04 Å². The molecule has 0 aromatic heterocycles. The summed E-state index contributed by atoms with van der Waals surface area (Å²) in [5.41, 5.74) is 0. The SMILES string of the molecule is CC(C)C(NS(=O)(=O)CCC1CCOC1)C(=O)O. The van der Waals surface area contributed by atoms with Crippen molar-refractivity contribution in [2.75, 3.05) is 19.0 Å². The van der Waals surface area contributed by atoms with Gasteiger partial charge in [0.25, 0.3) is 0 Å². The van der Waals surface area contributed by atoms with E-state index in [0.717, 1.165) is 6.42 Å². The molecule has 6 nitrogen and oxygen atoms in total. The second-order valence-corrected chi connectivity index (χ2v) is 6.89. The van der Waals surface area contributed by atoms with Gasteiger partial charge in [-0.25, -0.2) is 13.1 Å². The average Bonchev–Trinajstić information content (AvgIpc) is 2.75. The Hall–Kier alpha value is -0.660. The Bertz CT molecular complexity index is 373. The van der Waals surface area contributed by atoms with Crippen molar-refractivity contribution < 1.29 is 23.1 Å². The number of hydrogen-bond acceptors (Lipinski definition) is 4. The van der Waals surface area contributed by atoms with Crippen LogP contribution >= 0.6 is 0 Å². The number of carbonyl (C=O) groups is 1. The molecule has 1 rings (SSSR count). The first-order valence-electron chi connectivity index (χ1n) is 6.12. The lowest BCUT2D eigenvalue weighted by Crippen LogP contribution is -2.45. The Balaban J connectivity index is 2.49. The number of sulfonamides is 1. The molecule has 1 heterocycles. The van der Waals surface area contributed by atoms with E-state index >= 15 is 0 Å². The lowest BCUT2D eigenvalue weighted by Gasteiger charge is -2.18. The van der Waals surface area contributed by atoms with Crippen LogP contribution in [0.5, 0.6) is 0 Å². The standard InChI is InChI=1S/C11H21NO5S/c1-8(2)10(11(13)14)12-18(15,16)6-4-9-3-5-17-7-9/h8-10,12H,3-7H2,1-2H3,(H,13,14). The van der Waals surface area contributed by atoms with Gasteiger partial charge in [-0.3, -0.25) is 4.79 Å². The van der Waals surface area contributed by atoms with Crippen LogP contribution in [0.15, 0.2) is 0 Å². The molecule has 1 aliphatic heterocycles. The topological polar surface area (TPSA) is 92.7 Å². The third kappa shape index (κ3) is 4.91. The molecule has 0 amide bonds. The van der Waals surface area contributed by atoms with Crippen molar-refractivity contribution in [3.05, 3.63) is 0 Å². The lowest BCUT2D eigenvalue weighted by atomic mass is 10.1. The predicted molar refractivity (Wildman–Crippen MR) is 66.7 cm³/mol. The highest BCUT2D eigenvalue weighted by Gasteiger charge is 2.27. The molecule has 1 fully saturated rings. The average molecular weight is 279 g/mol. The van der Waals surface area contributed by atoms with Crippen LogP contribution < -0.4 is 4.72 Å². The van der Waals surface area contributed by atoms with E-state index in [1.165, 1.54) is 0 Å². The summed E-state index contributed by atoms with van der Waals surface area (Å²) in [6, 6.07) is -1.06. The minimum Gasteiger partial charge on any atom is -0.480 e. The molecular weight excluding hydrogens is 258 g/mol. The summed E-state index contributed by atoms with van der Waals surface area (Å²) in [6.45, 7) is 4.63. The van der Waals surface area contributed by atoms with Crippen LogP contribution in [-0.2, 0) is 19.6 Å². The molecule has 1 saturated heterocycles. The van der Waals surface area contributed by atoms with E-state index in [4.69, 9.17) is 9.84 Å². The number of rotatable bonds is 7. The summed E-state index contributed by atoms with van der Waals surface area (Å²) in [7, 11) is -3.54. The zero-order valence-corrected chi connectivity index (χ0v) is 11.6. The maximum Gasteiger partial charge on any atom is 0.321 e. The molecule has 2 atom stereocenters. The fourth-order valence-corrected chi connectivity index (χ4v) is 3.38. The second kappa shape index (κ2) is 6.49. The van der Waals surface area contributed by atoms with Gasteiger partial charge in [0, 0.05) is 13.2 Å². The molecule has 106 valence electrons. The summed E-state index contributed by atoms with van der Waals surface area (Å²) in [6.07, 6.45) is 1.39. The van der Waals surface area contributed by atoms with Crippen LogP contribution in [0.1, 0.15) is 26.7 Å². The van der Waals surface area contributed by atoms with Gasteiger partial charge in [-0.1, -0.05) is 13.8 Å². The third-order valence-corrected chi connectivity index (χ3v) is 4.44. The largest absolute Gasteiger partial charge is 0.480 e. The highest BCUT2D eigenvalue weighted by Crippen LogP contribution is 2.17. The summed E-state index contributed by atoms with van der Waals surface area (Å²) in [4.78, 5) is 10.9. The molecule has 0 spiro atoms. The van der Waals surface area contributed by atoms with Crippen LogP contribution in [0.3, 0.4) is 0 Å². The number of ether oxygens (including phenoxy) is 1. The van der Waals surface area contributed by atoms with Crippen molar-refractivity contribution in [1.29, 1.82) is 0 Å². The van der Waals surface area contributed by atoms with Gasteiger partial charge < -0.3 is 9.84 Å². The van der Waals surface area contributed by atoms with E-state index in [2.05, 4.69) is 4.72 Å². The molecule has 1 aliphatic rings. The van der Waals surface area contributed by atoms with Gasteiger partial charge in [-0.15, -0.1) is 0 Å². The van der Waals surface area contributed by atoms with Crippen molar-refractivity contribution in [2.45, 2.75) is 32.7 Å². The van der Waals surface area contributed by atoms with E-state index in [9.17, 15) is 13.2 Å². The van der Waals surface area contributed by atoms with E-state index in [1.54, 1.807) is 13.8 Å². The molecule has 0 aromatic carbocycles. The third-order valence-electron chi connectivity index (χ3n) is 3.06. The van der Waals surface area contributed by atoms with Crippen molar-refractivity contribution >= 4 is 16.0 Å². The molecule has 2 N–H and O–H groups in total. The highest BCUT2D eigenvalue weighted by atomic mass is 32.2. The molecule has 0 bridgehead atoms. The number of carboxylic acids is 1. The van der Waals surface area contributed by atoms with E-state index in [0.29, 0.717) is 19.6 Å². The van der Waals surface area contributed by atoms with Gasteiger partial charge in [-0.2, -0.15) is 0 Å². The van der Waals surface area contributed by atoms with E-state index < -0.39 is 22.0 Å². The molecule has 0 radical (unpaired) electrons. The first-order chi connectivity index (χ1) is 8.32. The highest BCUT2D eigenvalue weighted by molar-refractivity contribution is 7.89. The summed E-state index contributed by atoms with van der Waals surface area (Å²) >= 11 is 0. The number of carboxylic acid groups (broad SMARTS) is 1. The number of nitrogens with one attached hydrogen (secondary N) is 1. The van der Waals surface area contributed by atoms with Crippen LogP contribution in [0.4, 0.5) is 0 Å². The maximum atomic E-state index is 11.8. The Kier molecular flexibility index (Phi) is 5.55. The van der Waals surface area contributed by atoms with Gasteiger partial charge >= 0.3 is 5.97 Å². The predicted octanol–water partition coefficient (Wildman–Crippen LogP) is 0.442. The van der Waals surface area contributed by atoms with Crippen LogP contribution in [0, 0.1) is 11.8 Å². The minimum absolute atomic E-state index is 0.0441. The molecule has 0 saturated carbocycles. The second-order valence-electron chi connectivity index (χ2n) is 5.01. The van der Waals surface area contributed by atoms with Crippen LogP contribution in [0.25, 0.3) is 0 Å². The van der Waals surface area contributed by atoms with Crippen LogP contribution in [-0.4, -0.2) is 44.5 Å². The van der Waals surface area contributed by atoms with E-state index in [1.807, 2.05) is 0 Å². The number of hydrogen-bond donors (Lipinski definition) is 2. The molecule has 0 aromatic rings. The maximum absolute atomic E-state index is 11.8. The normalized spacial score (nSPS) is 22.3. The Morgan fingerprint density at radius 3 is 2.61 bits per heavy atom. The smallest absolute Gasteiger partial charge is 0.321 e. The Morgan fingerprint density at radius 2 is 2.17 bits per heavy atom. The summed E-state index contributed by atoms with van der Waals surface area (Å²) < 4.78 is 31.0. The van der Waals surface area contributed by atoms with Crippen molar-refractivity contribution in [3.63, 3.8) is 0 Å². The van der Waals surface area contributed by atoms with Crippen LogP contribution in [0.2, 0.25) is 0 Å². The van der Waals surface area contributed by atoms with E-state index in [-0.39, 0.29) is 17.6 Å². The van der Waals surface area contributed by atoms with Gasteiger partial charge in [0.05, 0.1) is 5.75 Å². The molecule has 2 unspecified atom stereocenters. The zero-order chi connectivity index (χ0) is 13.8. The Labute approximate surface area is 108 Å². The van der Waals surface area contributed by atoms with Crippen molar-refractivity contribution in [1.82, 2.24) is 4.72 Å². The van der Waals surface area contributed by atoms with Gasteiger partial charge in [0.2, 0.25) is 10.0 Å². The first kappa shape index (κ1) is 15.4. The fraction of sp³-hybridized carbons (Fsp3) is 0.909. The van der Waals surface area contributed by atoms with Gasteiger partial charge in [0.15, 0.2) is 0 Å². The molecular formula is C11H21NO5S. The van der Waals surface area contributed by atoms with Gasteiger partial charge in [-0.05, 0) is 24.7 Å².